The zero-order chi connectivity index (χ0) is 20.9. The van der Waals surface area contributed by atoms with Gasteiger partial charge in [-0.2, -0.15) is 0 Å². The summed E-state index contributed by atoms with van der Waals surface area (Å²) in [6, 6.07) is 21.8. The first-order valence-corrected chi connectivity index (χ1v) is 10.0. The van der Waals surface area contributed by atoms with Gasteiger partial charge in [0.25, 0.3) is 0 Å². The van der Waals surface area contributed by atoms with Gasteiger partial charge in [-0.15, -0.1) is 0 Å². The van der Waals surface area contributed by atoms with Crippen molar-refractivity contribution in [2.24, 2.45) is 0 Å². The Hall–Kier alpha value is -3.71. The van der Waals surface area contributed by atoms with E-state index < -0.39 is 6.09 Å². The van der Waals surface area contributed by atoms with E-state index in [1.54, 1.807) is 6.07 Å². The number of amides is 1. The number of aromatic hydroxyl groups is 1. The van der Waals surface area contributed by atoms with Crippen molar-refractivity contribution in [2.75, 3.05) is 13.2 Å². The highest BCUT2D eigenvalue weighted by Gasteiger charge is 2.28. The van der Waals surface area contributed by atoms with E-state index in [1.807, 2.05) is 43.3 Å². The number of carbonyl (C=O) groups is 1. The molecule has 0 unspecified atom stereocenters. The van der Waals surface area contributed by atoms with Crippen molar-refractivity contribution in [2.45, 2.75) is 19.3 Å². The van der Waals surface area contributed by atoms with E-state index in [2.05, 4.69) is 41.4 Å². The van der Waals surface area contributed by atoms with Gasteiger partial charge in [0.1, 0.15) is 12.4 Å². The Bertz CT molecular complexity index is 1090. The number of fused-ring (bicyclic) bond motifs is 3. The third-order valence-electron chi connectivity index (χ3n) is 5.24. The molecule has 4 heteroatoms. The Labute approximate surface area is 176 Å². The molecule has 150 valence electrons. The number of carbonyl (C=O) groups excluding carboxylic acids is 1. The average molecular weight is 397 g/mol. The van der Waals surface area contributed by atoms with Crippen LogP contribution in [0, 0.1) is 18.8 Å². The highest BCUT2D eigenvalue weighted by atomic mass is 16.5. The van der Waals surface area contributed by atoms with E-state index >= 15 is 0 Å². The van der Waals surface area contributed by atoms with Gasteiger partial charge in [0.2, 0.25) is 0 Å². The second kappa shape index (κ2) is 8.75. The normalized spacial score (nSPS) is 11.8. The maximum Gasteiger partial charge on any atom is 0.407 e. The average Bonchev–Trinajstić information content (AvgIpc) is 3.08. The van der Waals surface area contributed by atoms with E-state index in [0.717, 1.165) is 5.56 Å². The summed E-state index contributed by atoms with van der Waals surface area (Å²) in [5.74, 6) is 6.11. The smallest absolute Gasteiger partial charge is 0.407 e. The van der Waals surface area contributed by atoms with Crippen molar-refractivity contribution in [1.29, 1.82) is 0 Å². The molecule has 0 saturated carbocycles. The number of hydrogen-bond donors (Lipinski definition) is 2. The first kappa shape index (κ1) is 19.6. The molecule has 0 aliphatic heterocycles. The molecule has 0 saturated heterocycles. The van der Waals surface area contributed by atoms with Crippen LogP contribution < -0.4 is 5.32 Å². The van der Waals surface area contributed by atoms with Crippen LogP contribution in [0.25, 0.3) is 11.1 Å². The van der Waals surface area contributed by atoms with Gasteiger partial charge < -0.3 is 15.2 Å². The van der Waals surface area contributed by atoms with Crippen LogP contribution in [0.2, 0.25) is 0 Å². The number of rotatable bonds is 4. The van der Waals surface area contributed by atoms with Gasteiger partial charge in [-0.05, 0) is 46.9 Å². The Morgan fingerprint density at radius 3 is 2.40 bits per heavy atom. The highest BCUT2D eigenvalue weighted by molar-refractivity contribution is 5.79. The fourth-order valence-corrected chi connectivity index (χ4v) is 3.78. The third-order valence-corrected chi connectivity index (χ3v) is 5.24. The van der Waals surface area contributed by atoms with Crippen LogP contribution in [-0.2, 0) is 4.74 Å². The van der Waals surface area contributed by atoms with Gasteiger partial charge >= 0.3 is 6.09 Å². The summed E-state index contributed by atoms with van der Waals surface area (Å²) in [5, 5.41) is 12.5. The van der Waals surface area contributed by atoms with Crippen molar-refractivity contribution in [3.63, 3.8) is 0 Å². The minimum Gasteiger partial charge on any atom is -0.507 e. The maximum absolute atomic E-state index is 12.1. The van der Waals surface area contributed by atoms with Crippen LogP contribution in [0.15, 0.2) is 66.7 Å². The second-order valence-corrected chi connectivity index (χ2v) is 7.32. The molecular formula is C26H23NO3. The van der Waals surface area contributed by atoms with Gasteiger partial charge in [-0.25, -0.2) is 4.79 Å². The molecule has 4 nitrogen and oxygen atoms in total. The van der Waals surface area contributed by atoms with Gasteiger partial charge in [0.05, 0.1) is 5.56 Å². The van der Waals surface area contributed by atoms with Crippen LogP contribution in [0.1, 0.15) is 34.6 Å². The van der Waals surface area contributed by atoms with E-state index in [-0.39, 0.29) is 11.7 Å². The highest BCUT2D eigenvalue weighted by Crippen LogP contribution is 2.44. The van der Waals surface area contributed by atoms with Crippen molar-refractivity contribution in [3.8, 4) is 28.7 Å². The van der Waals surface area contributed by atoms with Crippen LogP contribution in [0.3, 0.4) is 0 Å². The summed E-state index contributed by atoms with van der Waals surface area (Å²) in [5.41, 5.74) is 6.42. The molecule has 0 aromatic heterocycles. The molecule has 1 amide bonds. The topological polar surface area (TPSA) is 58.6 Å². The molecule has 0 fully saturated rings. The SMILES string of the molecule is Cc1ccc(O)c(C#CCCNC(=O)OCC2c3ccccc3-c3ccccc32)c1. The summed E-state index contributed by atoms with van der Waals surface area (Å²) in [7, 11) is 0. The largest absolute Gasteiger partial charge is 0.507 e. The number of alkyl carbamates (subject to hydrolysis) is 1. The second-order valence-electron chi connectivity index (χ2n) is 7.32. The molecule has 0 spiro atoms. The van der Waals surface area contributed by atoms with E-state index in [9.17, 15) is 9.90 Å². The predicted octanol–water partition coefficient (Wildman–Crippen LogP) is 4.98. The summed E-state index contributed by atoms with van der Waals surface area (Å²) < 4.78 is 5.50. The molecule has 3 aromatic rings. The molecule has 1 aliphatic rings. The number of phenolic OH excluding ortho intramolecular Hbond substituents is 1. The van der Waals surface area contributed by atoms with Crippen molar-refractivity contribution >= 4 is 6.09 Å². The molecule has 2 N–H and O–H groups in total. The molecule has 30 heavy (non-hydrogen) atoms. The minimum absolute atomic E-state index is 0.0484. The number of phenols is 1. The molecule has 1 aliphatic carbocycles. The summed E-state index contributed by atoms with van der Waals surface area (Å²) in [6.45, 7) is 2.63. The lowest BCUT2D eigenvalue weighted by Gasteiger charge is -2.14. The lowest BCUT2D eigenvalue weighted by Crippen LogP contribution is -2.26. The minimum atomic E-state index is -0.447. The summed E-state index contributed by atoms with van der Waals surface area (Å²) >= 11 is 0. The molecule has 4 rings (SSSR count). The zero-order valence-corrected chi connectivity index (χ0v) is 16.8. The first-order chi connectivity index (χ1) is 14.6. The Morgan fingerprint density at radius 2 is 1.70 bits per heavy atom. The summed E-state index contributed by atoms with van der Waals surface area (Å²) in [4.78, 5) is 12.1. The van der Waals surface area contributed by atoms with Crippen LogP contribution in [-0.4, -0.2) is 24.4 Å². The van der Waals surface area contributed by atoms with E-state index in [1.165, 1.54) is 22.3 Å². The lowest BCUT2D eigenvalue weighted by atomic mass is 9.98. The molecule has 0 bridgehead atoms. The first-order valence-electron chi connectivity index (χ1n) is 10.0. The zero-order valence-electron chi connectivity index (χ0n) is 16.8. The number of ether oxygens (including phenoxy) is 1. The van der Waals surface area contributed by atoms with Crippen LogP contribution in [0.4, 0.5) is 4.79 Å². The third kappa shape index (κ3) is 4.16. The molecule has 0 heterocycles. The van der Waals surface area contributed by atoms with Crippen molar-refractivity contribution in [3.05, 3.63) is 89.0 Å². The Morgan fingerprint density at radius 1 is 1.03 bits per heavy atom. The van der Waals surface area contributed by atoms with E-state index in [0.29, 0.717) is 25.1 Å². The fraction of sp³-hybridized carbons (Fsp3) is 0.192. The molecular weight excluding hydrogens is 374 g/mol. The van der Waals surface area contributed by atoms with Gasteiger partial charge in [0.15, 0.2) is 0 Å². The van der Waals surface area contributed by atoms with Gasteiger partial charge in [-0.1, -0.05) is 66.4 Å². The van der Waals surface area contributed by atoms with Gasteiger partial charge in [0, 0.05) is 18.9 Å². The monoisotopic (exact) mass is 397 g/mol. The number of aryl methyl sites for hydroxylation is 1. The number of benzene rings is 3. The standard InChI is InChI=1S/C26H23NO3/c1-18-13-14-25(28)19(16-18)8-6-7-15-27-26(29)30-17-24-22-11-4-2-9-20(22)21-10-3-5-12-23(21)24/h2-5,9-14,16,24,28H,7,15,17H2,1H3,(H,27,29). The molecule has 0 atom stereocenters. The Balaban J connectivity index is 1.30. The molecule has 3 aromatic carbocycles. The van der Waals surface area contributed by atoms with Crippen LogP contribution >= 0.6 is 0 Å². The van der Waals surface area contributed by atoms with Crippen molar-refractivity contribution < 1.29 is 14.6 Å². The molecule has 0 radical (unpaired) electrons. The van der Waals surface area contributed by atoms with Gasteiger partial charge in [-0.3, -0.25) is 0 Å². The maximum atomic E-state index is 12.1. The lowest BCUT2D eigenvalue weighted by molar-refractivity contribution is 0.143. The predicted molar refractivity (Wildman–Crippen MR) is 117 cm³/mol. The Kier molecular flexibility index (Phi) is 5.72. The van der Waals surface area contributed by atoms with E-state index in [4.69, 9.17) is 4.74 Å². The fourth-order valence-electron chi connectivity index (χ4n) is 3.78. The van der Waals surface area contributed by atoms with Crippen LogP contribution in [0.5, 0.6) is 5.75 Å². The summed E-state index contributed by atoms with van der Waals surface area (Å²) in [6.07, 6.45) is 0.0227. The number of nitrogens with one attached hydrogen (secondary N) is 1. The number of hydrogen-bond acceptors (Lipinski definition) is 3. The quantitative estimate of drug-likeness (QED) is 0.482. The van der Waals surface area contributed by atoms with Crippen molar-refractivity contribution in [1.82, 2.24) is 5.32 Å².